The van der Waals surface area contributed by atoms with Crippen molar-refractivity contribution in [3.8, 4) is 11.4 Å². The molecule has 0 bridgehead atoms. The molecule has 0 saturated heterocycles. The lowest BCUT2D eigenvalue weighted by Gasteiger charge is -1.97. The maximum Gasteiger partial charge on any atom is 0.246 e. The number of aromatic nitrogens is 2. The highest BCUT2D eigenvalue weighted by Crippen LogP contribution is 2.14. The fourth-order valence-electron chi connectivity index (χ4n) is 1.33. The molecule has 2 rings (SSSR count). The van der Waals surface area contributed by atoms with E-state index in [4.69, 9.17) is 4.52 Å². The van der Waals surface area contributed by atoms with Crippen molar-refractivity contribution < 1.29 is 9.32 Å². The largest absolute Gasteiger partial charge is 0.347 e. The van der Waals surface area contributed by atoms with Crippen molar-refractivity contribution in [1.29, 1.82) is 0 Å². The van der Waals surface area contributed by atoms with Crippen LogP contribution in [0.5, 0.6) is 0 Å². The first-order chi connectivity index (χ1) is 8.29. The highest BCUT2D eigenvalue weighted by molar-refractivity contribution is 5.75. The molecule has 0 aliphatic heterocycles. The highest BCUT2D eigenvalue weighted by atomic mass is 16.5. The minimum Gasteiger partial charge on any atom is -0.347 e. The Morgan fingerprint density at radius 1 is 1.35 bits per heavy atom. The van der Waals surface area contributed by atoms with E-state index in [1.165, 1.54) is 0 Å². The number of hydrogen-bond donors (Lipinski definition) is 1. The maximum atomic E-state index is 11.1. The Morgan fingerprint density at radius 2 is 2.12 bits per heavy atom. The molecule has 0 spiro atoms. The molecule has 0 saturated carbocycles. The van der Waals surface area contributed by atoms with E-state index < -0.39 is 0 Å². The van der Waals surface area contributed by atoms with Crippen LogP contribution in [0.4, 0.5) is 0 Å². The van der Waals surface area contributed by atoms with Crippen LogP contribution in [0.2, 0.25) is 0 Å². The second kappa shape index (κ2) is 5.25. The van der Waals surface area contributed by atoms with Gasteiger partial charge in [0.05, 0.1) is 6.54 Å². The van der Waals surface area contributed by atoms with Gasteiger partial charge in [0.1, 0.15) is 0 Å². The molecule has 5 heteroatoms. The van der Waals surface area contributed by atoms with E-state index >= 15 is 0 Å². The first kappa shape index (κ1) is 11.3. The monoisotopic (exact) mass is 231 g/mol. The summed E-state index contributed by atoms with van der Waals surface area (Å²) in [5.74, 6) is 0.904. The van der Waals surface area contributed by atoms with Crippen LogP contribution >= 0.6 is 0 Å². The van der Waals surface area contributed by atoms with Gasteiger partial charge in [-0.25, -0.2) is 0 Å². The molecule has 0 atom stereocenters. The van der Waals surface area contributed by atoms with Gasteiger partial charge in [0.25, 0.3) is 0 Å². The van der Waals surface area contributed by atoms with Crippen molar-refractivity contribution in [3.63, 3.8) is 0 Å². The van der Waals surface area contributed by atoms with Gasteiger partial charge < -0.3 is 9.84 Å². The summed E-state index contributed by atoms with van der Waals surface area (Å²) in [5.41, 5.74) is 0.893. The second-order valence-corrected chi connectivity index (χ2v) is 3.51. The van der Waals surface area contributed by atoms with Crippen molar-refractivity contribution in [3.05, 3.63) is 36.2 Å². The molecule has 17 heavy (non-hydrogen) atoms. The first-order valence-corrected chi connectivity index (χ1v) is 5.44. The fourth-order valence-corrected chi connectivity index (χ4v) is 1.33. The van der Waals surface area contributed by atoms with E-state index in [0.29, 0.717) is 18.1 Å². The van der Waals surface area contributed by atoms with Crippen LogP contribution in [0.25, 0.3) is 11.4 Å². The third kappa shape index (κ3) is 2.90. The van der Waals surface area contributed by atoms with Crippen molar-refractivity contribution in [2.75, 3.05) is 0 Å². The molecule has 0 aliphatic carbocycles. The average molecular weight is 231 g/mol. The van der Waals surface area contributed by atoms with Gasteiger partial charge in [-0.1, -0.05) is 42.4 Å². The SMILES string of the molecule is CCC(=O)NCc1nc(-c2ccccc2)no1. The molecule has 0 fully saturated rings. The Labute approximate surface area is 98.8 Å². The van der Waals surface area contributed by atoms with Gasteiger partial charge in [-0.05, 0) is 0 Å². The summed E-state index contributed by atoms with van der Waals surface area (Å²) >= 11 is 0. The highest BCUT2D eigenvalue weighted by Gasteiger charge is 2.08. The number of carbonyl (C=O) groups excluding carboxylic acids is 1. The summed E-state index contributed by atoms with van der Waals surface area (Å²) < 4.78 is 5.04. The van der Waals surface area contributed by atoms with Crippen molar-refractivity contribution in [1.82, 2.24) is 15.5 Å². The van der Waals surface area contributed by atoms with Gasteiger partial charge in [-0.3, -0.25) is 4.79 Å². The van der Waals surface area contributed by atoms with Gasteiger partial charge in [0, 0.05) is 12.0 Å². The topological polar surface area (TPSA) is 68.0 Å². The van der Waals surface area contributed by atoms with E-state index in [1.54, 1.807) is 6.92 Å². The molecule has 0 unspecified atom stereocenters. The number of amides is 1. The standard InChI is InChI=1S/C12H13N3O2/c1-2-10(16)13-8-11-14-12(15-17-11)9-6-4-3-5-7-9/h3-7H,2,8H2,1H3,(H,13,16). The molecule has 1 amide bonds. The molecule has 88 valence electrons. The van der Waals surface area contributed by atoms with E-state index in [2.05, 4.69) is 15.5 Å². The molecule has 0 radical (unpaired) electrons. The summed E-state index contributed by atoms with van der Waals surface area (Å²) in [5, 5.41) is 6.53. The quantitative estimate of drug-likeness (QED) is 0.870. The zero-order chi connectivity index (χ0) is 12.1. The van der Waals surface area contributed by atoms with Gasteiger partial charge in [-0.15, -0.1) is 0 Å². The molecule has 0 aliphatic rings. The Kier molecular flexibility index (Phi) is 3.49. The number of hydrogen-bond acceptors (Lipinski definition) is 4. The number of nitrogens with zero attached hydrogens (tertiary/aromatic N) is 2. The van der Waals surface area contributed by atoms with Crippen molar-refractivity contribution >= 4 is 5.91 Å². The third-order valence-electron chi connectivity index (χ3n) is 2.26. The molecule has 1 heterocycles. The molecule has 2 aromatic rings. The first-order valence-electron chi connectivity index (χ1n) is 5.44. The lowest BCUT2D eigenvalue weighted by molar-refractivity contribution is -0.121. The lowest BCUT2D eigenvalue weighted by atomic mass is 10.2. The van der Waals surface area contributed by atoms with Crippen LogP contribution in [-0.4, -0.2) is 16.0 Å². The number of nitrogens with one attached hydrogen (secondary N) is 1. The van der Waals surface area contributed by atoms with Gasteiger partial charge in [0.15, 0.2) is 0 Å². The molecule has 5 nitrogen and oxygen atoms in total. The van der Waals surface area contributed by atoms with E-state index in [9.17, 15) is 4.79 Å². The van der Waals surface area contributed by atoms with Crippen molar-refractivity contribution in [2.24, 2.45) is 0 Å². The molecular weight excluding hydrogens is 218 g/mol. The normalized spacial score (nSPS) is 10.2. The van der Waals surface area contributed by atoms with Crippen LogP contribution in [0.15, 0.2) is 34.9 Å². The molecular formula is C12H13N3O2. The number of benzene rings is 1. The Bertz CT molecular complexity index is 493. The summed E-state index contributed by atoms with van der Waals surface area (Å²) in [4.78, 5) is 15.3. The minimum atomic E-state index is -0.0375. The summed E-state index contributed by atoms with van der Waals surface area (Å²) in [6.07, 6.45) is 0.444. The summed E-state index contributed by atoms with van der Waals surface area (Å²) in [6.45, 7) is 2.06. The van der Waals surface area contributed by atoms with Crippen LogP contribution in [0, 0.1) is 0 Å². The van der Waals surface area contributed by atoms with E-state index in [-0.39, 0.29) is 12.5 Å². The lowest BCUT2D eigenvalue weighted by Crippen LogP contribution is -2.21. The fraction of sp³-hybridized carbons (Fsp3) is 0.250. The number of carbonyl (C=O) groups is 1. The number of rotatable bonds is 4. The van der Waals surface area contributed by atoms with Crippen LogP contribution in [0.1, 0.15) is 19.2 Å². The zero-order valence-electron chi connectivity index (χ0n) is 9.51. The smallest absolute Gasteiger partial charge is 0.246 e. The van der Waals surface area contributed by atoms with Gasteiger partial charge >= 0.3 is 0 Å². The minimum absolute atomic E-state index is 0.0375. The predicted molar refractivity (Wildman–Crippen MR) is 61.9 cm³/mol. The summed E-state index contributed by atoms with van der Waals surface area (Å²) in [7, 11) is 0. The van der Waals surface area contributed by atoms with Crippen molar-refractivity contribution in [2.45, 2.75) is 19.9 Å². The van der Waals surface area contributed by atoms with E-state index in [1.807, 2.05) is 30.3 Å². The summed E-state index contributed by atoms with van der Waals surface area (Å²) in [6, 6.07) is 9.54. The Morgan fingerprint density at radius 3 is 2.82 bits per heavy atom. The maximum absolute atomic E-state index is 11.1. The average Bonchev–Trinajstić information content (AvgIpc) is 2.86. The van der Waals surface area contributed by atoms with Crippen LogP contribution in [-0.2, 0) is 11.3 Å². The second-order valence-electron chi connectivity index (χ2n) is 3.51. The van der Waals surface area contributed by atoms with Crippen LogP contribution < -0.4 is 5.32 Å². The van der Waals surface area contributed by atoms with Gasteiger partial charge in [-0.2, -0.15) is 4.98 Å². The van der Waals surface area contributed by atoms with Crippen LogP contribution in [0.3, 0.4) is 0 Å². The molecule has 1 aromatic heterocycles. The molecule has 1 aromatic carbocycles. The van der Waals surface area contributed by atoms with E-state index in [0.717, 1.165) is 5.56 Å². The Hall–Kier alpha value is -2.17. The third-order valence-corrected chi connectivity index (χ3v) is 2.26. The van der Waals surface area contributed by atoms with Gasteiger partial charge in [0.2, 0.25) is 17.6 Å². The zero-order valence-corrected chi connectivity index (χ0v) is 9.51. The molecule has 1 N–H and O–H groups in total. The predicted octanol–water partition coefficient (Wildman–Crippen LogP) is 1.76. The Balaban J connectivity index is 2.04.